The fourth-order valence-corrected chi connectivity index (χ4v) is 2.73. The number of hydrogen-bond donors (Lipinski definition) is 1. The smallest absolute Gasteiger partial charge is 0.170 e. The molecule has 1 saturated heterocycles. The second-order valence-electron chi connectivity index (χ2n) is 5.15. The van der Waals surface area contributed by atoms with Crippen molar-refractivity contribution in [1.29, 1.82) is 0 Å². The molecule has 6 nitrogen and oxygen atoms in total. The third-order valence-electron chi connectivity index (χ3n) is 3.84. The van der Waals surface area contributed by atoms with Gasteiger partial charge in [0.2, 0.25) is 0 Å². The Bertz CT molecular complexity index is 542. The maximum Gasteiger partial charge on any atom is 0.170 e. The summed E-state index contributed by atoms with van der Waals surface area (Å²) in [6.07, 6.45) is 3.40. The molecule has 6 heteroatoms. The predicted octanol–water partition coefficient (Wildman–Crippen LogP) is 1.01. The first-order valence-electron chi connectivity index (χ1n) is 7.06. The number of para-hydroxylation sites is 1. The molecular formula is C14H19N5O. The number of tetrazole rings is 1. The van der Waals surface area contributed by atoms with Crippen LogP contribution >= 0.6 is 0 Å². The molecule has 20 heavy (non-hydrogen) atoms. The highest BCUT2D eigenvalue weighted by Crippen LogP contribution is 2.19. The number of benzene rings is 1. The van der Waals surface area contributed by atoms with E-state index in [2.05, 4.69) is 20.4 Å². The van der Waals surface area contributed by atoms with Crippen LogP contribution in [0.3, 0.4) is 0 Å². The van der Waals surface area contributed by atoms with Crippen molar-refractivity contribution in [2.45, 2.75) is 31.8 Å². The van der Waals surface area contributed by atoms with Crippen molar-refractivity contribution >= 4 is 0 Å². The lowest BCUT2D eigenvalue weighted by Crippen LogP contribution is -2.41. The third kappa shape index (κ3) is 2.71. The minimum Gasteiger partial charge on any atom is -0.395 e. The highest BCUT2D eigenvalue weighted by molar-refractivity contribution is 5.30. The maximum absolute atomic E-state index is 9.48. The van der Waals surface area contributed by atoms with Crippen molar-refractivity contribution in [3.05, 3.63) is 36.2 Å². The quantitative estimate of drug-likeness (QED) is 0.900. The number of aliphatic hydroxyl groups is 1. The second kappa shape index (κ2) is 6.11. The van der Waals surface area contributed by atoms with E-state index in [1.165, 1.54) is 12.8 Å². The van der Waals surface area contributed by atoms with Gasteiger partial charge >= 0.3 is 0 Å². The summed E-state index contributed by atoms with van der Waals surface area (Å²) in [5.74, 6) is 0.816. The van der Waals surface area contributed by atoms with E-state index in [-0.39, 0.29) is 12.6 Å². The number of likely N-dealkylation sites (tertiary alicyclic amines) is 1. The molecule has 2 heterocycles. The molecule has 0 bridgehead atoms. The molecule has 1 aliphatic rings. The van der Waals surface area contributed by atoms with Crippen LogP contribution < -0.4 is 0 Å². The molecule has 0 amide bonds. The molecule has 0 unspecified atom stereocenters. The molecule has 1 aromatic carbocycles. The Morgan fingerprint density at radius 1 is 1.20 bits per heavy atom. The molecule has 3 rings (SSSR count). The van der Waals surface area contributed by atoms with Crippen LogP contribution in [0, 0.1) is 0 Å². The number of aliphatic hydroxyl groups excluding tert-OH is 1. The first-order valence-corrected chi connectivity index (χ1v) is 7.06. The normalized spacial score (nSPS) is 20.1. The molecule has 1 N–H and O–H groups in total. The molecular weight excluding hydrogens is 254 g/mol. The number of rotatable bonds is 4. The Labute approximate surface area is 118 Å². The maximum atomic E-state index is 9.48. The van der Waals surface area contributed by atoms with Gasteiger partial charge in [0.1, 0.15) is 0 Å². The predicted molar refractivity (Wildman–Crippen MR) is 74.3 cm³/mol. The summed E-state index contributed by atoms with van der Waals surface area (Å²) in [5, 5.41) is 21.5. The Balaban J connectivity index is 1.80. The van der Waals surface area contributed by atoms with E-state index in [4.69, 9.17) is 0 Å². The number of nitrogens with zero attached hydrogens (tertiary/aromatic N) is 5. The SMILES string of the molecule is OC[C@H]1CCCCN1Cc1nnnn1-c1ccccc1. The summed E-state index contributed by atoms with van der Waals surface area (Å²) in [6, 6.07) is 10.1. The van der Waals surface area contributed by atoms with Crippen molar-refractivity contribution in [2.75, 3.05) is 13.2 Å². The van der Waals surface area contributed by atoms with Crippen LogP contribution in [-0.2, 0) is 6.54 Å². The van der Waals surface area contributed by atoms with Crippen LogP contribution in [0.5, 0.6) is 0 Å². The van der Waals surface area contributed by atoms with Gasteiger partial charge in [-0.1, -0.05) is 24.6 Å². The molecule has 0 aliphatic carbocycles. The largest absolute Gasteiger partial charge is 0.395 e. The Morgan fingerprint density at radius 3 is 2.85 bits per heavy atom. The lowest BCUT2D eigenvalue weighted by Gasteiger charge is -2.33. The van der Waals surface area contributed by atoms with Gasteiger partial charge in [-0.05, 0) is 41.9 Å². The van der Waals surface area contributed by atoms with Crippen LogP contribution in [-0.4, -0.2) is 49.4 Å². The van der Waals surface area contributed by atoms with E-state index in [1.54, 1.807) is 4.68 Å². The van der Waals surface area contributed by atoms with Gasteiger partial charge < -0.3 is 5.11 Å². The standard InChI is InChI=1S/C14H19N5O/c20-11-13-8-4-5-9-18(13)10-14-15-16-17-19(14)12-6-2-1-3-7-12/h1-3,6-7,13,20H,4-5,8-11H2/t13-/m1/s1. The van der Waals surface area contributed by atoms with Gasteiger partial charge in [-0.25, -0.2) is 0 Å². The molecule has 0 saturated carbocycles. The van der Waals surface area contributed by atoms with Crippen LogP contribution in [0.4, 0.5) is 0 Å². The third-order valence-corrected chi connectivity index (χ3v) is 3.84. The average molecular weight is 273 g/mol. The summed E-state index contributed by atoms with van der Waals surface area (Å²) in [6.45, 7) is 1.87. The van der Waals surface area contributed by atoms with Crippen molar-refractivity contribution in [2.24, 2.45) is 0 Å². The minimum absolute atomic E-state index is 0.201. The summed E-state index contributed by atoms with van der Waals surface area (Å²) in [5.41, 5.74) is 0.963. The van der Waals surface area contributed by atoms with E-state index in [1.807, 2.05) is 30.3 Å². The van der Waals surface area contributed by atoms with Crippen molar-refractivity contribution in [3.63, 3.8) is 0 Å². The van der Waals surface area contributed by atoms with Crippen LogP contribution in [0.1, 0.15) is 25.1 Å². The van der Waals surface area contributed by atoms with Crippen LogP contribution in [0.25, 0.3) is 5.69 Å². The summed E-state index contributed by atoms with van der Waals surface area (Å²) >= 11 is 0. The molecule has 2 aromatic rings. The average Bonchev–Trinajstić information content (AvgIpc) is 2.97. The summed E-state index contributed by atoms with van der Waals surface area (Å²) in [4.78, 5) is 2.27. The van der Waals surface area contributed by atoms with E-state index in [9.17, 15) is 5.11 Å². The zero-order valence-corrected chi connectivity index (χ0v) is 11.4. The molecule has 1 atom stereocenters. The molecule has 1 aliphatic heterocycles. The number of piperidine rings is 1. The Hall–Kier alpha value is -1.79. The summed E-state index contributed by atoms with van der Waals surface area (Å²) < 4.78 is 1.77. The number of hydrogen-bond acceptors (Lipinski definition) is 5. The Kier molecular flexibility index (Phi) is 4.03. The van der Waals surface area contributed by atoms with Gasteiger partial charge in [0, 0.05) is 6.04 Å². The van der Waals surface area contributed by atoms with E-state index in [0.717, 1.165) is 24.5 Å². The van der Waals surface area contributed by atoms with Gasteiger partial charge in [0.05, 0.1) is 18.8 Å². The van der Waals surface area contributed by atoms with Gasteiger partial charge in [0.15, 0.2) is 5.82 Å². The number of aromatic nitrogens is 4. The van der Waals surface area contributed by atoms with E-state index >= 15 is 0 Å². The van der Waals surface area contributed by atoms with Crippen molar-refractivity contribution in [1.82, 2.24) is 25.1 Å². The topological polar surface area (TPSA) is 67.1 Å². The summed E-state index contributed by atoms with van der Waals surface area (Å²) in [7, 11) is 0. The lowest BCUT2D eigenvalue weighted by molar-refractivity contribution is 0.0813. The Morgan fingerprint density at radius 2 is 2.05 bits per heavy atom. The zero-order valence-electron chi connectivity index (χ0n) is 11.4. The van der Waals surface area contributed by atoms with E-state index in [0.29, 0.717) is 6.54 Å². The fraction of sp³-hybridized carbons (Fsp3) is 0.500. The first kappa shape index (κ1) is 13.2. The van der Waals surface area contributed by atoms with Gasteiger partial charge in [-0.3, -0.25) is 4.90 Å². The lowest BCUT2D eigenvalue weighted by atomic mass is 10.0. The monoisotopic (exact) mass is 273 g/mol. The molecule has 0 radical (unpaired) electrons. The molecule has 106 valence electrons. The van der Waals surface area contributed by atoms with Crippen molar-refractivity contribution < 1.29 is 5.11 Å². The van der Waals surface area contributed by atoms with Crippen molar-refractivity contribution in [3.8, 4) is 5.69 Å². The van der Waals surface area contributed by atoms with Crippen LogP contribution in [0.2, 0.25) is 0 Å². The van der Waals surface area contributed by atoms with Crippen LogP contribution in [0.15, 0.2) is 30.3 Å². The zero-order chi connectivity index (χ0) is 13.8. The van der Waals surface area contributed by atoms with Gasteiger partial charge in [-0.15, -0.1) is 5.10 Å². The second-order valence-corrected chi connectivity index (χ2v) is 5.15. The molecule has 1 aromatic heterocycles. The van der Waals surface area contributed by atoms with Gasteiger partial charge in [0.25, 0.3) is 0 Å². The minimum atomic E-state index is 0.201. The first-order chi connectivity index (χ1) is 9.88. The molecule has 1 fully saturated rings. The van der Waals surface area contributed by atoms with Gasteiger partial charge in [-0.2, -0.15) is 4.68 Å². The highest BCUT2D eigenvalue weighted by atomic mass is 16.3. The highest BCUT2D eigenvalue weighted by Gasteiger charge is 2.23. The fourth-order valence-electron chi connectivity index (χ4n) is 2.73. The molecule has 0 spiro atoms. The van der Waals surface area contributed by atoms with E-state index < -0.39 is 0 Å².